The average molecular weight is 396 g/mol. The van der Waals surface area contributed by atoms with Crippen molar-refractivity contribution < 1.29 is 18.7 Å². The zero-order valence-corrected chi connectivity index (χ0v) is 15.9. The van der Waals surface area contributed by atoms with Gasteiger partial charge in [-0.2, -0.15) is 0 Å². The van der Waals surface area contributed by atoms with Crippen LogP contribution < -0.4 is 15.6 Å². The van der Waals surface area contributed by atoms with Crippen molar-refractivity contribution in [3.8, 4) is 5.75 Å². The van der Waals surface area contributed by atoms with E-state index in [2.05, 4.69) is 10.9 Å². The summed E-state index contributed by atoms with van der Waals surface area (Å²) in [5.74, 6) is 1.49. The minimum absolute atomic E-state index is 0.101. The van der Waals surface area contributed by atoms with Crippen LogP contribution in [-0.4, -0.2) is 17.6 Å². The Morgan fingerprint density at radius 2 is 1.61 bits per heavy atom. The fourth-order valence-electron chi connectivity index (χ4n) is 2.31. The highest BCUT2D eigenvalue weighted by Gasteiger charge is 2.12. The van der Waals surface area contributed by atoms with Crippen LogP contribution in [0.2, 0.25) is 0 Å². The lowest BCUT2D eigenvalue weighted by molar-refractivity contribution is -0.119. The van der Waals surface area contributed by atoms with Crippen LogP contribution in [0.25, 0.3) is 0 Å². The van der Waals surface area contributed by atoms with E-state index in [9.17, 15) is 9.59 Å². The van der Waals surface area contributed by atoms with E-state index in [1.807, 2.05) is 60.7 Å². The molecule has 0 bridgehead atoms. The van der Waals surface area contributed by atoms with Gasteiger partial charge in [0.1, 0.15) is 18.1 Å². The van der Waals surface area contributed by atoms with E-state index in [-0.39, 0.29) is 24.0 Å². The lowest BCUT2D eigenvalue weighted by Crippen LogP contribution is -2.42. The van der Waals surface area contributed by atoms with Crippen molar-refractivity contribution in [2.45, 2.75) is 12.4 Å². The molecular weight excluding hydrogens is 376 g/mol. The van der Waals surface area contributed by atoms with Crippen LogP contribution >= 0.6 is 11.8 Å². The summed E-state index contributed by atoms with van der Waals surface area (Å²) >= 11 is 1.47. The normalized spacial score (nSPS) is 10.3. The minimum atomic E-state index is -0.521. The van der Waals surface area contributed by atoms with Gasteiger partial charge in [0.15, 0.2) is 5.76 Å². The molecule has 7 heteroatoms. The Morgan fingerprint density at radius 1 is 0.893 bits per heavy atom. The van der Waals surface area contributed by atoms with Crippen LogP contribution in [0.1, 0.15) is 21.9 Å². The molecule has 0 fully saturated rings. The van der Waals surface area contributed by atoms with Crippen molar-refractivity contribution in [1.82, 2.24) is 10.9 Å². The molecule has 3 aromatic rings. The Bertz CT molecular complexity index is 897. The van der Waals surface area contributed by atoms with Crippen LogP contribution in [-0.2, 0) is 17.2 Å². The van der Waals surface area contributed by atoms with Gasteiger partial charge in [-0.05, 0) is 29.8 Å². The van der Waals surface area contributed by atoms with E-state index >= 15 is 0 Å². The standard InChI is InChI=1S/C21H20N2O4S/c24-20(15-28-14-16-7-3-1-4-8-16)22-23-21(25)19-12-11-18(27-19)13-26-17-9-5-2-6-10-17/h1-12H,13-15H2,(H,22,24)(H,23,25). The fourth-order valence-corrected chi connectivity index (χ4v) is 3.10. The van der Waals surface area contributed by atoms with Gasteiger partial charge >= 0.3 is 5.91 Å². The van der Waals surface area contributed by atoms with E-state index in [4.69, 9.17) is 9.15 Å². The van der Waals surface area contributed by atoms with Gasteiger partial charge in [0.2, 0.25) is 5.91 Å². The highest BCUT2D eigenvalue weighted by molar-refractivity contribution is 7.99. The topological polar surface area (TPSA) is 80.6 Å². The SMILES string of the molecule is O=C(CSCc1ccccc1)NNC(=O)c1ccc(COc2ccccc2)o1. The van der Waals surface area contributed by atoms with Gasteiger partial charge in [0, 0.05) is 5.75 Å². The van der Waals surface area contributed by atoms with Crippen LogP contribution in [0.4, 0.5) is 0 Å². The third kappa shape index (κ3) is 6.21. The number of carbonyl (C=O) groups is 2. The molecule has 2 aromatic carbocycles. The van der Waals surface area contributed by atoms with Crippen LogP contribution in [0.5, 0.6) is 5.75 Å². The molecular formula is C21H20N2O4S. The molecule has 28 heavy (non-hydrogen) atoms. The van der Waals surface area contributed by atoms with Gasteiger partial charge in [-0.3, -0.25) is 20.4 Å². The number of hydrogen-bond acceptors (Lipinski definition) is 5. The molecule has 1 aromatic heterocycles. The number of rotatable bonds is 8. The van der Waals surface area contributed by atoms with Crippen molar-refractivity contribution in [3.63, 3.8) is 0 Å². The molecule has 0 aliphatic carbocycles. The quantitative estimate of drug-likeness (QED) is 0.569. The molecule has 0 atom stereocenters. The summed E-state index contributed by atoms with van der Waals surface area (Å²) in [6, 6.07) is 22.4. The lowest BCUT2D eigenvalue weighted by atomic mass is 10.2. The number of para-hydroxylation sites is 1. The fraction of sp³-hybridized carbons (Fsp3) is 0.143. The molecule has 6 nitrogen and oxygen atoms in total. The Hall–Kier alpha value is -3.19. The van der Waals surface area contributed by atoms with Crippen molar-refractivity contribution >= 4 is 23.6 Å². The molecule has 0 saturated carbocycles. The first-order valence-corrected chi connectivity index (χ1v) is 9.83. The van der Waals surface area contributed by atoms with Gasteiger partial charge in [0.05, 0.1) is 5.75 Å². The Morgan fingerprint density at radius 3 is 2.36 bits per heavy atom. The first-order chi connectivity index (χ1) is 13.7. The Kier molecular flexibility index (Phi) is 7.14. The molecule has 144 valence electrons. The largest absolute Gasteiger partial charge is 0.486 e. The number of ether oxygens (including phenoxy) is 1. The van der Waals surface area contributed by atoms with Crippen LogP contribution in [0.3, 0.4) is 0 Å². The van der Waals surface area contributed by atoms with Gasteiger partial charge in [-0.15, -0.1) is 11.8 Å². The zero-order chi connectivity index (χ0) is 19.6. The van der Waals surface area contributed by atoms with E-state index in [0.717, 1.165) is 11.3 Å². The maximum absolute atomic E-state index is 12.1. The molecule has 0 spiro atoms. The summed E-state index contributed by atoms with van der Waals surface area (Å²) in [4.78, 5) is 23.9. The number of nitrogens with one attached hydrogen (secondary N) is 2. The third-order valence-corrected chi connectivity index (χ3v) is 4.67. The summed E-state index contributed by atoms with van der Waals surface area (Å²) in [6.45, 7) is 0.208. The third-order valence-electron chi connectivity index (χ3n) is 3.67. The maximum Gasteiger partial charge on any atom is 0.305 e. The Balaban J connectivity index is 1.37. The zero-order valence-electron chi connectivity index (χ0n) is 15.1. The predicted molar refractivity (Wildman–Crippen MR) is 108 cm³/mol. The van der Waals surface area contributed by atoms with Crippen LogP contribution in [0, 0.1) is 0 Å². The average Bonchev–Trinajstić information content (AvgIpc) is 3.21. The summed E-state index contributed by atoms with van der Waals surface area (Å²) in [7, 11) is 0. The van der Waals surface area contributed by atoms with Crippen molar-refractivity contribution in [2.24, 2.45) is 0 Å². The molecule has 2 N–H and O–H groups in total. The van der Waals surface area contributed by atoms with Gasteiger partial charge < -0.3 is 9.15 Å². The maximum atomic E-state index is 12.1. The molecule has 0 aliphatic heterocycles. The van der Waals surface area contributed by atoms with E-state index in [1.165, 1.54) is 17.8 Å². The van der Waals surface area contributed by atoms with Gasteiger partial charge in [0.25, 0.3) is 0 Å². The van der Waals surface area contributed by atoms with E-state index < -0.39 is 5.91 Å². The van der Waals surface area contributed by atoms with E-state index in [1.54, 1.807) is 6.07 Å². The van der Waals surface area contributed by atoms with E-state index in [0.29, 0.717) is 11.5 Å². The van der Waals surface area contributed by atoms with Crippen molar-refractivity contribution in [2.75, 3.05) is 5.75 Å². The molecule has 1 heterocycles. The second-order valence-corrected chi connectivity index (χ2v) is 6.83. The number of thioether (sulfide) groups is 1. The second kappa shape index (κ2) is 10.2. The molecule has 0 saturated heterocycles. The first-order valence-electron chi connectivity index (χ1n) is 8.68. The molecule has 0 unspecified atom stereocenters. The smallest absolute Gasteiger partial charge is 0.305 e. The van der Waals surface area contributed by atoms with Crippen LogP contribution in [0.15, 0.2) is 77.2 Å². The number of amides is 2. The molecule has 2 amide bonds. The van der Waals surface area contributed by atoms with Gasteiger partial charge in [-0.1, -0.05) is 48.5 Å². The summed E-state index contributed by atoms with van der Waals surface area (Å²) < 4.78 is 11.0. The lowest BCUT2D eigenvalue weighted by Gasteiger charge is -2.06. The van der Waals surface area contributed by atoms with Crippen molar-refractivity contribution in [1.29, 1.82) is 0 Å². The monoisotopic (exact) mass is 396 g/mol. The highest BCUT2D eigenvalue weighted by Crippen LogP contribution is 2.14. The number of benzene rings is 2. The Labute approximate surface area is 167 Å². The predicted octanol–water partition coefficient (Wildman–Crippen LogP) is 3.55. The molecule has 0 aliphatic rings. The highest BCUT2D eigenvalue weighted by atomic mass is 32.2. The number of furan rings is 1. The number of carbonyl (C=O) groups excluding carboxylic acids is 2. The molecule has 0 radical (unpaired) electrons. The number of hydrazine groups is 1. The first kappa shape index (κ1) is 19.6. The summed E-state index contributed by atoms with van der Waals surface area (Å²) in [6.07, 6.45) is 0. The van der Waals surface area contributed by atoms with Gasteiger partial charge in [-0.25, -0.2) is 0 Å². The molecule has 3 rings (SSSR count). The summed E-state index contributed by atoms with van der Waals surface area (Å²) in [5, 5.41) is 0. The second-order valence-electron chi connectivity index (χ2n) is 5.85. The van der Waals surface area contributed by atoms with Crippen molar-refractivity contribution in [3.05, 3.63) is 89.9 Å². The number of hydrogen-bond donors (Lipinski definition) is 2. The summed E-state index contributed by atoms with van der Waals surface area (Å²) in [5.41, 5.74) is 5.88. The minimum Gasteiger partial charge on any atom is -0.486 e.